The van der Waals surface area contributed by atoms with Crippen molar-refractivity contribution in [1.29, 1.82) is 0 Å². The van der Waals surface area contributed by atoms with E-state index in [1.54, 1.807) is 11.8 Å². The van der Waals surface area contributed by atoms with E-state index in [2.05, 4.69) is 15.5 Å². The van der Waals surface area contributed by atoms with Gasteiger partial charge in [-0.2, -0.15) is 4.98 Å². The second-order valence-electron chi connectivity index (χ2n) is 7.33. The number of hydrogen-bond donors (Lipinski definition) is 2. The molecule has 0 radical (unpaired) electrons. The molecular formula is C22H24N4O3. The SMILES string of the molecule is Cc1nc(-c2cccc(NC(=O)N3CCC(C(O)c4ccccc4)CC3)c2)no1. The summed E-state index contributed by atoms with van der Waals surface area (Å²) in [4.78, 5) is 18.7. The number of rotatable bonds is 4. The van der Waals surface area contributed by atoms with E-state index in [0.717, 1.165) is 24.0 Å². The largest absolute Gasteiger partial charge is 0.388 e. The Bertz CT molecular complexity index is 965. The van der Waals surface area contributed by atoms with Crippen LogP contribution in [0.3, 0.4) is 0 Å². The molecule has 0 saturated carbocycles. The normalized spacial score (nSPS) is 15.9. The number of nitrogens with one attached hydrogen (secondary N) is 1. The highest BCUT2D eigenvalue weighted by molar-refractivity contribution is 5.90. The number of likely N-dealkylation sites (tertiary alicyclic amines) is 1. The molecule has 150 valence electrons. The zero-order chi connectivity index (χ0) is 20.2. The van der Waals surface area contributed by atoms with Crippen LogP contribution in [0.2, 0.25) is 0 Å². The van der Waals surface area contributed by atoms with Crippen molar-refractivity contribution in [1.82, 2.24) is 15.0 Å². The summed E-state index contributed by atoms with van der Waals surface area (Å²) in [7, 11) is 0. The fraction of sp³-hybridized carbons (Fsp3) is 0.318. The van der Waals surface area contributed by atoms with E-state index in [1.165, 1.54) is 0 Å². The van der Waals surface area contributed by atoms with Crippen molar-refractivity contribution in [2.45, 2.75) is 25.9 Å². The molecule has 1 aromatic heterocycles. The Balaban J connectivity index is 1.34. The van der Waals surface area contributed by atoms with E-state index >= 15 is 0 Å². The van der Waals surface area contributed by atoms with Crippen molar-refractivity contribution in [3.05, 3.63) is 66.1 Å². The minimum atomic E-state index is -0.489. The first-order valence-corrected chi connectivity index (χ1v) is 9.80. The molecule has 0 bridgehead atoms. The molecule has 0 aliphatic carbocycles. The fourth-order valence-corrected chi connectivity index (χ4v) is 3.70. The number of carbonyl (C=O) groups is 1. The number of urea groups is 1. The van der Waals surface area contributed by atoms with Crippen LogP contribution < -0.4 is 5.32 Å². The van der Waals surface area contributed by atoms with Crippen molar-refractivity contribution in [3.8, 4) is 11.4 Å². The molecule has 2 N–H and O–H groups in total. The van der Waals surface area contributed by atoms with Crippen molar-refractivity contribution in [2.75, 3.05) is 18.4 Å². The highest BCUT2D eigenvalue weighted by Gasteiger charge is 2.28. The molecule has 0 spiro atoms. The number of amides is 2. The maximum absolute atomic E-state index is 12.7. The Morgan fingerprint density at radius 1 is 1.17 bits per heavy atom. The smallest absolute Gasteiger partial charge is 0.321 e. The number of aryl methyl sites for hydroxylation is 1. The highest BCUT2D eigenvalue weighted by Crippen LogP contribution is 2.31. The van der Waals surface area contributed by atoms with Gasteiger partial charge in [-0.1, -0.05) is 47.6 Å². The lowest BCUT2D eigenvalue weighted by Crippen LogP contribution is -2.42. The van der Waals surface area contributed by atoms with Gasteiger partial charge in [0.15, 0.2) is 0 Å². The molecule has 1 fully saturated rings. The summed E-state index contributed by atoms with van der Waals surface area (Å²) in [5.41, 5.74) is 2.40. The number of piperidine rings is 1. The van der Waals surface area contributed by atoms with Crippen LogP contribution in [0.15, 0.2) is 59.1 Å². The third-order valence-electron chi connectivity index (χ3n) is 5.31. The summed E-state index contributed by atoms with van der Waals surface area (Å²) < 4.78 is 5.02. The predicted octanol–water partition coefficient (Wildman–Crippen LogP) is 4.02. The quantitative estimate of drug-likeness (QED) is 0.700. The van der Waals surface area contributed by atoms with Gasteiger partial charge in [-0.3, -0.25) is 0 Å². The van der Waals surface area contributed by atoms with Crippen molar-refractivity contribution >= 4 is 11.7 Å². The number of anilines is 1. The molecular weight excluding hydrogens is 368 g/mol. The summed E-state index contributed by atoms with van der Waals surface area (Å²) >= 11 is 0. The molecule has 1 aliphatic heterocycles. The van der Waals surface area contributed by atoms with E-state index in [9.17, 15) is 9.90 Å². The van der Waals surface area contributed by atoms with Crippen LogP contribution >= 0.6 is 0 Å². The van der Waals surface area contributed by atoms with Crippen LogP contribution in [0.1, 0.15) is 30.4 Å². The first-order chi connectivity index (χ1) is 14.1. The summed E-state index contributed by atoms with van der Waals surface area (Å²) in [5.74, 6) is 1.15. The first kappa shape index (κ1) is 19.1. The zero-order valence-electron chi connectivity index (χ0n) is 16.3. The van der Waals surface area contributed by atoms with E-state index in [0.29, 0.717) is 30.5 Å². The molecule has 7 nitrogen and oxygen atoms in total. The van der Waals surface area contributed by atoms with E-state index < -0.39 is 6.10 Å². The number of hydrogen-bond acceptors (Lipinski definition) is 5. The van der Waals surface area contributed by atoms with Gasteiger partial charge >= 0.3 is 6.03 Å². The molecule has 29 heavy (non-hydrogen) atoms. The predicted molar refractivity (Wildman–Crippen MR) is 109 cm³/mol. The van der Waals surface area contributed by atoms with Crippen molar-refractivity contribution in [2.24, 2.45) is 5.92 Å². The number of nitrogens with zero attached hydrogens (tertiary/aromatic N) is 3. The Labute approximate surface area is 169 Å². The van der Waals surface area contributed by atoms with Gasteiger partial charge in [-0.05, 0) is 36.5 Å². The second-order valence-corrected chi connectivity index (χ2v) is 7.33. The summed E-state index contributed by atoms with van der Waals surface area (Å²) in [6.45, 7) is 2.97. The molecule has 7 heteroatoms. The summed E-state index contributed by atoms with van der Waals surface area (Å²) in [5, 5.41) is 17.5. The van der Waals surface area contributed by atoms with Crippen LogP contribution in [-0.4, -0.2) is 39.3 Å². The van der Waals surface area contributed by atoms with Crippen LogP contribution in [0.25, 0.3) is 11.4 Å². The Morgan fingerprint density at radius 2 is 1.93 bits per heavy atom. The summed E-state index contributed by atoms with van der Waals surface area (Å²) in [6, 6.07) is 16.9. The molecule has 2 amide bonds. The Hall–Kier alpha value is -3.19. The van der Waals surface area contributed by atoms with Gasteiger partial charge in [-0.25, -0.2) is 4.79 Å². The first-order valence-electron chi connectivity index (χ1n) is 9.80. The van der Waals surface area contributed by atoms with Gasteiger partial charge in [0.1, 0.15) is 0 Å². The van der Waals surface area contributed by atoms with E-state index in [-0.39, 0.29) is 11.9 Å². The highest BCUT2D eigenvalue weighted by atomic mass is 16.5. The van der Waals surface area contributed by atoms with Gasteiger partial charge in [0.2, 0.25) is 11.7 Å². The number of aliphatic hydroxyl groups is 1. The lowest BCUT2D eigenvalue weighted by Gasteiger charge is -2.34. The fourth-order valence-electron chi connectivity index (χ4n) is 3.70. The van der Waals surface area contributed by atoms with Gasteiger partial charge in [0.25, 0.3) is 0 Å². The number of carbonyl (C=O) groups excluding carboxylic acids is 1. The average Bonchev–Trinajstić information content (AvgIpc) is 3.20. The molecule has 1 saturated heterocycles. The van der Waals surface area contributed by atoms with Crippen LogP contribution in [-0.2, 0) is 0 Å². The summed E-state index contributed by atoms with van der Waals surface area (Å²) in [6.07, 6.45) is 1.05. The maximum atomic E-state index is 12.7. The molecule has 2 heterocycles. The van der Waals surface area contributed by atoms with Gasteiger partial charge in [0, 0.05) is 31.3 Å². The Kier molecular flexibility index (Phi) is 5.57. The monoisotopic (exact) mass is 392 g/mol. The van der Waals surface area contributed by atoms with Crippen LogP contribution in [0, 0.1) is 12.8 Å². The molecule has 1 aliphatic rings. The topological polar surface area (TPSA) is 91.5 Å². The van der Waals surface area contributed by atoms with E-state index in [1.807, 2.05) is 54.6 Å². The van der Waals surface area contributed by atoms with Crippen LogP contribution in [0.4, 0.5) is 10.5 Å². The van der Waals surface area contributed by atoms with E-state index in [4.69, 9.17) is 4.52 Å². The van der Waals surface area contributed by atoms with Gasteiger partial charge in [-0.15, -0.1) is 0 Å². The van der Waals surface area contributed by atoms with Crippen LogP contribution in [0.5, 0.6) is 0 Å². The lowest BCUT2D eigenvalue weighted by molar-refractivity contribution is 0.0683. The third kappa shape index (κ3) is 4.46. The molecule has 1 atom stereocenters. The van der Waals surface area contributed by atoms with Crippen molar-refractivity contribution < 1.29 is 14.4 Å². The minimum Gasteiger partial charge on any atom is -0.388 e. The van der Waals surface area contributed by atoms with Crippen molar-refractivity contribution in [3.63, 3.8) is 0 Å². The zero-order valence-corrected chi connectivity index (χ0v) is 16.3. The molecule has 2 aromatic carbocycles. The molecule has 3 aromatic rings. The minimum absolute atomic E-state index is 0.140. The van der Waals surface area contributed by atoms with Gasteiger partial charge < -0.3 is 19.8 Å². The van der Waals surface area contributed by atoms with Gasteiger partial charge in [0.05, 0.1) is 6.10 Å². The number of aromatic nitrogens is 2. The average molecular weight is 392 g/mol. The molecule has 1 unspecified atom stereocenters. The lowest BCUT2D eigenvalue weighted by atomic mass is 9.87. The number of aliphatic hydroxyl groups excluding tert-OH is 1. The third-order valence-corrected chi connectivity index (χ3v) is 5.31. The number of benzene rings is 2. The Morgan fingerprint density at radius 3 is 2.62 bits per heavy atom. The maximum Gasteiger partial charge on any atom is 0.321 e. The standard InChI is InChI=1S/C22H24N4O3/c1-15-23-21(25-29-15)18-8-5-9-19(14-18)24-22(28)26-12-10-17(11-13-26)20(27)16-6-3-2-4-7-16/h2-9,14,17,20,27H,10-13H2,1H3,(H,24,28). The molecule has 4 rings (SSSR count). The second kappa shape index (κ2) is 8.45.